The fraction of sp³-hybridized carbons (Fsp3) is 0.125. The molecule has 1 aromatic heterocycles. The number of halogens is 4. The Kier molecular flexibility index (Phi) is 5.46. The lowest BCUT2D eigenvalue weighted by Gasteiger charge is -2.12. The Balaban J connectivity index is 2.14. The first-order valence-electron chi connectivity index (χ1n) is 6.80. The number of alkyl halides is 3. The summed E-state index contributed by atoms with van der Waals surface area (Å²) in [5.74, 6) is -0.0227. The maximum absolute atomic E-state index is 12.8. The molecule has 2 aromatic rings. The molecule has 0 bridgehead atoms. The first kappa shape index (κ1) is 17.8. The van der Waals surface area contributed by atoms with E-state index in [0.717, 1.165) is 12.1 Å². The van der Waals surface area contributed by atoms with Gasteiger partial charge in [0, 0.05) is 18.4 Å². The van der Waals surface area contributed by atoms with Crippen molar-refractivity contribution in [2.75, 3.05) is 11.9 Å². The number of hydrogen-bond donors (Lipinski definition) is 2. The van der Waals surface area contributed by atoms with E-state index < -0.39 is 11.7 Å². The van der Waals surface area contributed by atoms with E-state index in [2.05, 4.69) is 22.2 Å². The van der Waals surface area contributed by atoms with Gasteiger partial charge in [0.15, 0.2) is 0 Å². The summed E-state index contributed by atoms with van der Waals surface area (Å²) in [4.78, 5) is 15.7. The summed E-state index contributed by atoms with van der Waals surface area (Å²) in [6.45, 7) is 3.81. The summed E-state index contributed by atoms with van der Waals surface area (Å²) in [7, 11) is 0. The number of nitrogens with one attached hydrogen (secondary N) is 2. The van der Waals surface area contributed by atoms with Crippen LogP contribution in [-0.2, 0) is 6.18 Å². The molecule has 24 heavy (non-hydrogen) atoms. The molecule has 1 heterocycles. The Morgan fingerprint density at radius 1 is 1.29 bits per heavy atom. The molecule has 0 fully saturated rings. The molecule has 4 nitrogen and oxygen atoms in total. The van der Waals surface area contributed by atoms with E-state index in [-0.39, 0.29) is 16.6 Å². The minimum Gasteiger partial charge on any atom is -0.349 e. The monoisotopic (exact) mass is 355 g/mol. The lowest BCUT2D eigenvalue weighted by Crippen LogP contribution is -2.23. The average Bonchev–Trinajstić information content (AvgIpc) is 2.54. The van der Waals surface area contributed by atoms with Crippen molar-refractivity contribution in [1.82, 2.24) is 10.3 Å². The Morgan fingerprint density at radius 2 is 2.04 bits per heavy atom. The van der Waals surface area contributed by atoms with Crippen LogP contribution in [-0.4, -0.2) is 17.4 Å². The third kappa shape index (κ3) is 4.48. The van der Waals surface area contributed by atoms with Gasteiger partial charge in [0.05, 0.1) is 16.1 Å². The standard InChI is InChI=1S/C16H13ClF3N3O/c1-2-7-21-15(24)10-3-6-14(22-9-10)23-11-4-5-13(17)12(8-11)16(18,19)20/h2-6,8-9H,1,7H2,(H,21,24)(H,22,23). The highest BCUT2D eigenvalue weighted by atomic mass is 35.5. The van der Waals surface area contributed by atoms with E-state index >= 15 is 0 Å². The van der Waals surface area contributed by atoms with Crippen molar-refractivity contribution < 1.29 is 18.0 Å². The molecule has 1 amide bonds. The first-order chi connectivity index (χ1) is 11.3. The molecule has 0 atom stereocenters. The van der Waals surface area contributed by atoms with E-state index in [1.54, 1.807) is 6.08 Å². The van der Waals surface area contributed by atoms with Gasteiger partial charge in [0.1, 0.15) is 5.82 Å². The van der Waals surface area contributed by atoms with Gasteiger partial charge in [-0.1, -0.05) is 17.7 Å². The molecule has 0 aliphatic carbocycles. The van der Waals surface area contributed by atoms with Gasteiger partial charge in [-0.2, -0.15) is 13.2 Å². The molecule has 8 heteroatoms. The lowest BCUT2D eigenvalue weighted by atomic mass is 10.2. The van der Waals surface area contributed by atoms with Crippen LogP contribution in [0.2, 0.25) is 5.02 Å². The molecule has 1 aromatic carbocycles. The molecule has 0 saturated carbocycles. The Hall–Kier alpha value is -2.54. The van der Waals surface area contributed by atoms with Crippen LogP contribution >= 0.6 is 11.6 Å². The normalized spacial score (nSPS) is 11.0. The van der Waals surface area contributed by atoms with Crippen molar-refractivity contribution >= 4 is 29.0 Å². The van der Waals surface area contributed by atoms with E-state index in [1.807, 2.05) is 0 Å². The topological polar surface area (TPSA) is 54.0 Å². The second kappa shape index (κ2) is 7.35. The van der Waals surface area contributed by atoms with Crippen molar-refractivity contribution in [3.63, 3.8) is 0 Å². The molecule has 0 saturated heterocycles. The zero-order valence-electron chi connectivity index (χ0n) is 12.3. The molecule has 126 valence electrons. The molecule has 0 unspecified atom stereocenters. The number of nitrogens with zero attached hydrogens (tertiary/aromatic N) is 1. The summed E-state index contributed by atoms with van der Waals surface area (Å²) < 4.78 is 38.5. The Morgan fingerprint density at radius 3 is 2.62 bits per heavy atom. The summed E-state index contributed by atoms with van der Waals surface area (Å²) in [5, 5.41) is 4.95. The number of amides is 1. The lowest BCUT2D eigenvalue weighted by molar-refractivity contribution is -0.137. The number of aromatic nitrogens is 1. The molecular weight excluding hydrogens is 343 g/mol. The maximum atomic E-state index is 12.8. The van der Waals surface area contributed by atoms with Crippen LogP contribution in [0.3, 0.4) is 0 Å². The van der Waals surface area contributed by atoms with E-state index in [1.165, 1.54) is 24.4 Å². The van der Waals surface area contributed by atoms with Crippen molar-refractivity contribution in [1.29, 1.82) is 0 Å². The van der Waals surface area contributed by atoms with Crippen LogP contribution in [0.25, 0.3) is 0 Å². The highest BCUT2D eigenvalue weighted by Crippen LogP contribution is 2.36. The fourth-order valence-electron chi connectivity index (χ4n) is 1.84. The quantitative estimate of drug-likeness (QED) is 0.781. The van der Waals surface area contributed by atoms with Crippen molar-refractivity contribution in [2.45, 2.75) is 6.18 Å². The predicted molar refractivity (Wildman–Crippen MR) is 86.5 cm³/mol. The third-order valence-corrected chi connectivity index (χ3v) is 3.31. The van der Waals surface area contributed by atoms with E-state index in [4.69, 9.17) is 11.6 Å². The smallest absolute Gasteiger partial charge is 0.349 e. The average molecular weight is 356 g/mol. The summed E-state index contributed by atoms with van der Waals surface area (Å²) >= 11 is 5.57. The number of carbonyl (C=O) groups is 1. The zero-order valence-corrected chi connectivity index (χ0v) is 13.1. The summed E-state index contributed by atoms with van der Waals surface area (Å²) in [6.07, 6.45) is -1.68. The van der Waals surface area contributed by atoms with Crippen LogP contribution < -0.4 is 10.6 Å². The maximum Gasteiger partial charge on any atom is 0.417 e. The zero-order chi connectivity index (χ0) is 17.7. The van der Waals surface area contributed by atoms with Crippen molar-refractivity contribution in [3.05, 3.63) is 65.3 Å². The molecule has 0 aliphatic heterocycles. The molecule has 2 rings (SSSR count). The van der Waals surface area contributed by atoms with Crippen molar-refractivity contribution in [2.24, 2.45) is 0 Å². The van der Waals surface area contributed by atoms with Gasteiger partial charge in [0.25, 0.3) is 5.91 Å². The van der Waals surface area contributed by atoms with Crippen LogP contribution in [0.5, 0.6) is 0 Å². The van der Waals surface area contributed by atoms with Crippen LogP contribution in [0.15, 0.2) is 49.2 Å². The minimum atomic E-state index is -4.55. The number of rotatable bonds is 5. The second-order valence-electron chi connectivity index (χ2n) is 4.75. The summed E-state index contributed by atoms with van der Waals surface area (Å²) in [5.41, 5.74) is -0.424. The van der Waals surface area contributed by atoms with Gasteiger partial charge in [-0.05, 0) is 30.3 Å². The molecular formula is C16H13ClF3N3O. The summed E-state index contributed by atoms with van der Waals surface area (Å²) in [6, 6.07) is 6.46. The molecule has 2 N–H and O–H groups in total. The molecule has 0 aliphatic rings. The Labute approximate surface area is 141 Å². The van der Waals surface area contributed by atoms with Gasteiger partial charge in [-0.3, -0.25) is 4.79 Å². The predicted octanol–water partition coefficient (Wildman–Crippen LogP) is 4.41. The number of anilines is 2. The van der Waals surface area contributed by atoms with Gasteiger partial charge in [-0.25, -0.2) is 4.98 Å². The van der Waals surface area contributed by atoms with E-state index in [0.29, 0.717) is 17.9 Å². The SMILES string of the molecule is C=CCNC(=O)c1ccc(Nc2ccc(Cl)c(C(F)(F)F)c2)nc1. The number of carbonyl (C=O) groups excluding carboxylic acids is 1. The van der Waals surface area contributed by atoms with Gasteiger partial charge >= 0.3 is 6.18 Å². The minimum absolute atomic E-state index is 0.183. The van der Waals surface area contributed by atoms with E-state index in [9.17, 15) is 18.0 Å². The van der Waals surface area contributed by atoms with Gasteiger partial charge < -0.3 is 10.6 Å². The number of hydrogen-bond acceptors (Lipinski definition) is 3. The van der Waals surface area contributed by atoms with Crippen LogP contribution in [0.1, 0.15) is 15.9 Å². The highest BCUT2D eigenvalue weighted by Gasteiger charge is 2.33. The Bertz CT molecular complexity index is 745. The number of pyridine rings is 1. The fourth-order valence-corrected chi connectivity index (χ4v) is 2.06. The van der Waals surface area contributed by atoms with Crippen LogP contribution in [0, 0.1) is 0 Å². The third-order valence-electron chi connectivity index (χ3n) is 2.98. The highest BCUT2D eigenvalue weighted by molar-refractivity contribution is 6.31. The second-order valence-corrected chi connectivity index (χ2v) is 5.16. The largest absolute Gasteiger partial charge is 0.417 e. The molecule has 0 radical (unpaired) electrons. The van der Waals surface area contributed by atoms with Gasteiger partial charge in [-0.15, -0.1) is 6.58 Å². The van der Waals surface area contributed by atoms with Crippen LogP contribution in [0.4, 0.5) is 24.7 Å². The first-order valence-corrected chi connectivity index (χ1v) is 7.18. The number of benzene rings is 1. The molecule has 0 spiro atoms. The van der Waals surface area contributed by atoms with Crippen molar-refractivity contribution in [3.8, 4) is 0 Å². The van der Waals surface area contributed by atoms with Gasteiger partial charge in [0.2, 0.25) is 0 Å².